The molecule has 26 heavy (non-hydrogen) atoms. The molecule has 6 heteroatoms. The Hall–Kier alpha value is -0.850. The van der Waals surface area contributed by atoms with Gasteiger partial charge in [-0.05, 0) is 27.2 Å². The standard InChI is InChI=1S/C20H41N3O3/c1-5-6-7-8-9-10-23(19(25)26-20(2,3)4)16-15-21-11-13-22(14-12-21)17-18-24/h24H,5-18H2,1-4H3. The number of aliphatic hydroxyl groups is 1. The zero-order valence-corrected chi connectivity index (χ0v) is 17.5. The number of rotatable bonds is 11. The number of ether oxygens (including phenoxy) is 1. The number of aliphatic hydroxyl groups excluding tert-OH is 1. The molecular formula is C20H41N3O3. The zero-order valence-electron chi connectivity index (χ0n) is 17.5. The summed E-state index contributed by atoms with van der Waals surface area (Å²) in [7, 11) is 0. The monoisotopic (exact) mass is 371 g/mol. The third kappa shape index (κ3) is 10.3. The number of hydrogen-bond donors (Lipinski definition) is 1. The summed E-state index contributed by atoms with van der Waals surface area (Å²) in [4.78, 5) is 19.1. The maximum Gasteiger partial charge on any atom is 0.410 e. The van der Waals surface area contributed by atoms with Crippen LogP contribution in [0.3, 0.4) is 0 Å². The van der Waals surface area contributed by atoms with Crippen LogP contribution in [0.1, 0.15) is 59.8 Å². The highest BCUT2D eigenvalue weighted by Gasteiger charge is 2.23. The first-order valence-electron chi connectivity index (χ1n) is 10.4. The van der Waals surface area contributed by atoms with Crippen molar-refractivity contribution < 1.29 is 14.6 Å². The third-order valence-corrected chi connectivity index (χ3v) is 4.75. The molecule has 1 aliphatic heterocycles. The number of unbranched alkanes of at least 4 members (excludes halogenated alkanes) is 4. The molecule has 0 aliphatic carbocycles. The van der Waals surface area contributed by atoms with E-state index in [4.69, 9.17) is 9.84 Å². The molecule has 0 unspecified atom stereocenters. The highest BCUT2D eigenvalue weighted by molar-refractivity contribution is 5.68. The third-order valence-electron chi connectivity index (χ3n) is 4.75. The van der Waals surface area contributed by atoms with Gasteiger partial charge in [-0.15, -0.1) is 0 Å². The lowest BCUT2D eigenvalue weighted by Crippen LogP contribution is -2.49. The number of hydrogen-bond acceptors (Lipinski definition) is 5. The molecule has 1 saturated heterocycles. The first-order valence-corrected chi connectivity index (χ1v) is 10.4. The van der Waals surface area contributed by atoms with E-state index in [-0.39, 0.29) is 12.7 Å². The Morgan fingerprint density at radius 2 is 1.54 bits per heavy atom. The van der Waals surface area contributed by atoms with E-state index in [2.05, 4.69) is 16.7 Å². The maximum absolute atomic E-state index is 12.5. The summed E-state index contributed by atoms with van der Waals surface area (Å²) in [6.07, 6.45) is 5.77. The summed E-state index contributed by atoms with van der Waals surface area (Å²) < 4.78 is 5.60. The molecule has 0 spiro atoms. The predicted molar refractivity (Wildman–Crippen MR) is 107 cm³/mol. The van der Waals surface area contributed by atoms with Crippen molar-refractivity contribution in [1.29, 1.82) is 0 Å². The van der Waals surface area contributed by atoms with E-state index in [0.29, 0.717) is 0 Å². The van der Waals surface area contributed by atoms with Crippen molar-refractivity contribution in [3.63, 3.8) is 0 Å². The van der Waals surface area contributed by atoms with Gasteiger partial charge in [0.25, 0.3) is 0 Å². The Morgan fingerprint density at radius 1 is 0.962 bits per heavy atom. The highest BCUT2D eigenvalue weighted by Crippen LogP contribution is 2.12. The summed E-state index contributed by atoms with van der Waals surface area (Å²) in [5, 5.41) is 9.04. The van der Waals surface area contributed by atoms with E-state index in [9.17, 15) is 4.79 Å². The van der Waals surface area contributed by atoms with Crippen LogP contribution >= 0.6 is 0 Å². The van der Waals surface area contributed by atoms with Gasteiger partial charge in [0.05, 0.1) is 6.61 Å². The van der Waals surface area contributed by atoms with E-state index in [1.807, 2.05) is 25.7 Å². The van der Waals surface area contributed by atoms with Crippen molar-refractivity contribution in [3.8, 4) is 0 Å². The largest absolute Gasteiger partial charge is 0.444 e. The number of piperazine rings is 1. The molecule has 0 atom stereocenters. The van der Waals surface area contributed by atoms with Crippen molar-refractivity contribution >= 4 is 6.09 Å². The fourth-order valence-corrected chi connectivity index (χ4v) is 3.17. The number of amides is 1. The van der Waals surface area contributed by atoms with Gasteiger partial charge in [0.2, 0.25) is 0 Å². The van der Waals surface area contributed by atoms with Gasteiger partial charge < -0.3 is 14.7 Å². The fourth-order valence-electron chi connectivity index (χ4n) is 3.17. The fraction of sp³-hybridized carbons (Fsp3) is 0.950. The van der Waals surface area contributed by atoms with Crippen LogP contribution in [0.4, 0.5) is 4.79 Å². The second-order valence-electron chi connectivity index (χ2n) is 8.29. The summed E-state index contributed by atoms with van der Waals surface area (Å²) in [6, 6.07) is 0. The van der Waals surface area contributed by atoms with Gasteiger partial charge in [-0.1, -0.05) is 32.6 Å². The molecule has 0 bridgehead atoms. The van der Waals surface area contributed by atoms with Gasteiger partial charge in [0.1, 0.15) is 5.60 Å². The van der Waals surface area contributed by atoms with E-state index in [1.165, 1.54) is 25.7 Å². The lowest BCUT2D eigenvalue weighted by Gasteiger charge is -2.35. The van der Waals surface area contributed by atoms with Crippen LogP contribution in [0.2, 0.25) is 0 Å². The number of carbonyl (C=O) groups excluding carboxylic acids is 1. The van der Waals surface area contributed by atoms with Crippen LogP contribution < -0.4 is 0 Å². The first-order chi connectivity index (χ1) is 12.4. The van der Waals surface area contributed by atoms with E-state index >= 15 is 0 Å². The molecule has 1 N–H and O–H groups in total. The molecule has 0 radical (unpaired) electrons. The Bertz CT molecular complexity index is 377. The van der Waals surface area contributed by atoms with Crippen LogP contribution in [-0.2, 0) is 4.74 Å². The molecule has 1 fully saturated rings. The van der Waals surface area contributed by atoms with Crippen molar-refractivity contribution in [2.45, 2.75) is 65.4 Å². The molecule has 0 aromatic heterocycles. The minimum atomic E-state index is -0.451. The van der Waals surface area contributed by atoms with Crippen LogP contribution in [0, 0.1) is 0 Å². The normalized spacial score (nSPS) is 16.7. The molecule has 6 nitrogen and oxygen atoms in total. The second-order valence-corrected chi connectivity index (χ2v) is 8.29. The molecular weight excluding hydrogens is 330 g/mol. The maximum atomic E-state index is 12.5. The average molecular weight is 372 g/mol. The smallest absolute Gasteiger partial charge is 0.410 e. The van der Waals surface area contributed by atoms with Crippen LogP contribution in [0.5, 0.6) is 0 Å². The van der Waals surface area contributed by atoms with Gasteiger partial charge >= 0.3 is 6.09 Å². The SMILES string of the molecule is CCCCCCCN(CCN1CCN(CCO)CC1)C(=O)OC(C)(C)C. The Kier molecular flexibility index (Phi) is 11.2. The quantitative estimate of drug-likeness (QED) is 0.566. The van der Waals surface area contributed by atoms with Gasteiger partial charge in [0.15, 0.2) is 0 Å². The van der Waals surface area contributed by atoms with E-state index in [0.717, 1.165) is 58.8 Å². The minimum Gasteiger partial charge on any atom is -0.444 e. The zero-order chi connectivity index (χ0) is 19.4. The molecule has 0 aromatic rings. The second kappa shape index (κ2) is 12.5. The topological polar surface area (TPSA) is 56.2 Å². The van der Waals surface area contributed by atoms with Gasteiger partial charge in [0, 0.05) is 52.4 Å². The van der Waals surface area contributed by atoms with Crippen LogP contribution in [0.25, 0.3) is 0 Å². The first kappa shape index (κ1) is 23.2. The van der Waals surface area contributed by atoms with Gasteiger partial charge in [-0.25, -0.2) is 4.79 Å². The number of carbonyl (C=O) groups is 1. The van der Waals surface area contributed by atoms with E-state index in [1.54, 1.807) is 0 Å². The number of nitrogens with zero attached hydrogens (tertiary/aromatic N) is 3. The Balaban J connectivity index is 2.41. The van der Waals surface area contributed by atoms with Crippen LogP contribution in [-0.4, -0.2) is 90.5 Å². The van der Waals surface area contributed by atoms with E-state index < -0.39 is 5.60 Å². The average Bonchev–Trinajstić information content (AvgIpc) is 2.57. The lowest BCUT2D eigenvalue weighted by molar-refractivity contribution is 0.0213. The van der Waals surface area contributed by atoms with Crippen molar-refractivity contribution in [2.75, 3.05) is 59.0 Å². The molecule has 1 aliphatic rings. The van der Waals surface area contributed by atoms with Crippen molar-refractivity contribution in [3.05, 3.63) is 0 Å². The minimum absolute atomic E-state index is 0.188. The molecule has 1 heterocycles. The molecule has 1 amide bonds. The summed E-state index contributed by atoms with van der Waals surface area (Å²) >= 11 is 0. The molecule has 154 valence electrons. The van der Waals surface area contributed by atoms with Crippen molar-refractivity contribution in [2.24, 2.45) is 0 Å². The molecule has 0 aromatic carbocycles. The summed E-state index contributed by atoms with van der Waals surface area (Å²) in [6.45, 7) is 15.3. The summed E-state index contributed by atoms with van der Waals surface area (Å²) in [5.41, 5.74) is -0.451. The molecule has 0 saturated carbocycles. The van der Waals surface area contributed by atoms with Gasteiger partial charge in [-0.3, -0.25) is 9.80 Å². The summed E-state index contributed by atoms with van der Waals surface area (Å²) in [5.74, 6) is 0. The Labute approximate surface area is 160 Å². The van der Waals surface area contributed by atoms with Crippen LogP contribution in [0.15, 0.2) is 0 Å². The predicted octanol–water partition coefficient (Wildman–Crippen LogP) is 2.80. The van der Waals surface area contributed by atoms with Crippen molar-refractivity contribution in [1.82, 2.24) is 14.7 Å². The lowest BCUT2D eigenvalue weighted by atomic mass is 10.1. The molecule has 1 rings (SSSR count). The Morgan fingerprint density at radius 3 is 2.08 bits per heavy atom. The number of β-amino-alcohol motifs (C(OH)–C–C–N with tert-alkyl or cyclic N) is 1. The van der Waals surface area contributed by atoms with Gasteiger partial charge in [-0.2, -0.15) is 0 Å². The highest BCUT2D eigenvalue weighted by atomic mass is 16.6.